The van der Waals surface area contributed by atoms with Gasteiger partial charge in [-0.25, -0.2) is 8.42 Å². The molecule has 1 saturated heterocycles. The van der Waals surface area contributed by atoms with Crippen LogP contribution < -0.4 is 5.73 Å². The van der Waals surface area contributed by atoms with Crippen LogP contribution in [0.2, 0.25) is 0 Å². The first kappa shape index (κ1) is 13.3. The van der Waals surface area contributed by atoms with Crippen molar-refractivity contribution in [1.82, 2.24) is 4.47 Å². The molecule has 0 aliphatic carbocycles. The van der Waals surface area contributed by atoms with E-state index in [0.29, 0.717) is 18.8 Å². The largest absolute Gasteiger partial charge is 0.398 e. The van der Waals surface area contributed by atoms with Gasteiger partial charge in [0.2, 0.25) is 0 Å². The van der Waals surface area contributed by atoms with E-state index in [4.69, 9.17) is 10.6 Å². The number of nitrogen functional groups attached to an aromatic ring is 1. The molecule has 0 unspecified atom stereocenters. The van der Waals surface area contributed by atoms with Gasteiger partial charge in [-0.3, -0.25) is 4.84 Å². The van der Waals surface area contributed by atoms with Crippen LogP contribution in [-0.2, 0) is 21.3 Å². The Balaban J connectivity index is 2.32. The Hall–Kier alpha value is -1.11. The van der Waals surface area contributed by atoms with Gasteiger partial charge < -0.3 is 5.73 Å². The lowest BCUT2D eigenvalue weighted by Crippen LogP contribution is -2.35. The molecule has 0 radical (unpaired) electrons. The van der Waals surface area contributed by atoms with Gasteiger partial charge in [0, 0.05) is 12.2 Å². The molecule has 0 bridgehead atoms. The third kappa shape index (κ3) is 2.50. The first-order valence-corrected chi connectivity index (χ1v) is 7.53. The highest BCUT2D eigenvalue weighted by molar-refractivity contribution is 7.89. The van der Waals surface area contributed by atoms with Crippen molar-refractivity contribution in [3.8, 4) is 0 Å². The number of nitrogens with zero attached hydrogens (tertiary/aromatic N) is 1. The smallest absolute Gasteiger partial charge is 0.265 e. The predicted molar refractivity (Wildman–Crippen MR) is 69.3 cm³/mol. The summed E-state index contributed by atoms with van der Waals surface area (Å²) in [7, 11) is -3.58. The molecule has 2 N–H and O–H groups in total. The first-order valence-electron chi connectivity index (χ1n) is 6.09. The normalized spacial score (nSPS) is 17.8. The van der Waals surface area contributed by atoms with Gasteiger partial charge in [0.15, 0.2) is 0 Å². The highest BCUT2D eigenvalue weighted by Crippen LogP contribution is 2.23. The molecule has 18 heavy (non-hydrogen) atoms. The van der Waals surface area contributed by atoms with E-state index in [9.17, 15) is 8.42 Å². The SMILES string of the molecule is CCc1ccc(S(=O)(=O)N2CCCCO2)cc1N. The fourth-order valence-corrected chi connectivity index (χ4v) is 3.27. The van der Waals surface area contributed by atoms with E-state index in [2.05, 4.69) is 0 Å². The molecule has 1 aliphatic heterocycles. The molecule has 0 aromatic heterocycles. The first-order chi connectivity index (χ1) is 8.55. The van der Waals surface area contributed by atoms with Crippen LogP contribution >= 0.6 is 0 Å². The summed E-state index contributed by atoms with van der Waals surface area (Å²) in [6, 6.07) is 4.85. The second kappa shape index (κ2) is 5.26. The Morgan fingerprint density at radius 2 is 2.17 bits per heavy atom. The van der Waals surface area contributed by atoms with Crippen LogP contribution in [0, 0.1) is 0 Å². The molecule has 1 fully saturated rings. The Kier molecular flexibility index (Phi) is 3.89. The van der Waals surface area contributed by atoms with Gasteiger partial charge in [-0.15, -0.1) is 0 Å². The molecule has 1 aromatic rings. The average molecular weight is 270 g/mol. The average Bonchev–Trinajstić information content (AvgIpc) is 2.39. The second-order valence-electron chi connectivity index (χ2n) is 4.29. The lowest BCUT2D eigenvalue weighted by atomic mass is 10.1. The number of hydrogen-bond acceptors (Lipinski definition) is 4. The number of aryl methyl sites for hydroxylation is 1. The van der Waals surface area contributed by atoms with E-state index in [1.807, 2.05) is 6.92 Å². The zero-order valence-electron chi connectivity index (χ0n) is 10.4. The lowest BCUT2D eigenvalue weighted by Gasteiger charge is -2.25. The minimum Gasteiger partial charge on any atom is -0.398 e. The number of anilines is 1. The van der Waals surface area contributed by atoms with E-state index in [0.717, 1.165) is 29.3 Å². The van der Waals surface area contributed by atoms with E-state index in [-0.39, 0.29) is 4.90 Å². The quantitative estimate of drug-likeness (QED) is 0.846. The minimum atomic E-state index is -3.58. The molecule has 1 aromatic carbocycles. The van der Waals surface area contributed by atoms with Gasteiger partial charge in [-0.05, 0) is 37.0 Å². The molecule has 1 aliphatic rings. The molecular weight excluding hydrogens is 252 g/mol. The summed E-state index contributed by atoms with van der Waals surface area (Å²) in [4.78, 5) is 5.39. The summed E-state index contributed by atoms with van der Waals surface area (Å²) in [6.45, 7) is 2.83. The van der Waals surface area contributed by atoms with Gasteiger partial charge in [0.05, 0.1) is 11.5 Å². The highest BCUT2D eigenvalue weighted by atomic mass is 32.2. The topological polar surface area (TPSA) is 72.6 Å². The molecule has 0 spiro atoms. The Bertz CT molecular complexity index is 522. The van der Waals surface area contributed by atoms with Gasteiger partial charge in [-0.1, -0.05) is 17.5 Å². The van der Waals surface area contributed by atoms with Crippen molar-refractivity contribution in [2.45, 2.75) is 31.1 Å². The standard InChI is InChI=1S/C12H18N2O3S/c1-2-10-5-6-11(9-12(10)13)18(15,16)14-7-3-4-8-17-14/h5-6,9H,2-4,7-8,13H2,1H3. The van der Waals surface area contributed by atoms with Gasteiger partial charge in [-0.2, -0.15) is 0 Å². The summed E-state index contributed by atoms with van der Waals surface area (Å²) < 4.78 is 25.6. The van der Waals surface area contributed by atoms with E-state index >= 15 is 0 Å². The van der Waals surface area contributed by atoms with Crippen molar-refractivity contribution in [3.63, 3.8) is 0 Å². The number of hydroxylamine groups is 1. The van der Waals surface area contributed by atoms with E-state index in [1.165, 1.54) is 6.07 Å². The summed E-state index contributed by atoms with van der Waals surface area (Å²) in [5, 5.41) is 0. The maximum absolute atomic E-state index is 12.3. The lowest BCUT2D eigenvalue weighted by molar-refractivity contribution is -0.108. The van der Waals surface area contributed by atoms with Crippen molar-refractivity contribution in [1.29, 1.82) is 0 Å². The van der Waals surface area contributed by atoms with Crippen LogP contribution in [-0.4, -0.2) is 26.0 Å². The number of nitrogens with two attached hydrogens (primary N) is 1. The monoisotopic (exact) mass is 270 g/mol. The van der Waals surface area contributed by atoms with Crippen LogP contribution in [0.25, 0.3) is 0 Å². The Morgan fingerprint density at radius 3 is 2.72 bits per heavy atom. The molecule has 0 amide bonds. The zero-order chi connectivity index (χ0) is 13.2. The molecule has 100 valence electrons. The van der Waals surface area contributed by atoms with Crippen LogP contribution in [0.1, 0.15) is 25.3 Å². The van der Waals surface area contributed by atoms with Crippen molar-refractivity contribution < 1.29 is 13.3 Å². The van der Waals surface area contributed by atoms with E-state index < -0.39 is 10.0 Å². The fraction of sp³-hybridized carbons (Fsp3) is 0.500. The van der Waals surface area contributed by atoms with Crippen molar-refractivity contribution >= 4 is 15.7 Å². The molecule has 0 atom stereocenters. The van der Waals surface area contributed by atoms with Crippen LogP contribution in [0.3, 0.4) is 0 Å². The van der Waals surface area contributed by atoms with Crippen LogP contribution in [0.15, 0.2) is 23.1 Å². The third-order valence-corrected chi connectivity index (χ3v) is 4.71. The van der Waals surface area contributed by atoms with Crippen LogP contribution in [0.5, 0.6) is 0 Å². The Morgan fingerprint density at radius 1 is 1.39 bits per heavy atom. The zero-order valence-corrected chi connectivity index (χ0v) is 11.2. The highest BCUT2D eigenvalue weighted by Gasteiger charge is 2.27. The number of rotatable bonds is 3. The molecule has 0 saturated carbocycles. The molecule has 6 heteroatoms. The van der Waals surface area contributed by atoms with Gasteiger partial charge in [0.1, 0.15) is 0 Å². The number of benzene rings is 1. The maximum Gasteiger partial charge on any atom is 0.265 e. The van der Waals surface area contributed by atoms with Gasteiger partial charge >= 0.3 is 0 Å². The maximum atomic E-state index is 12.3. The number of sulfonamides is 1. The van der Waals surface area contributed by atoms with Crippen molar-refractivity contribution in [2.75, 3.05) is 18.9 Å². The second-order valence-corrected chi connectivity index (χ2v) is 6.11. The molecular formula is C12H18N2O3S. The summed E-state index contributed by atoms with van der Waals surface area (Å²) in [5.74, 6) is 0. The summed E-state index contributed by atoms with van der Waals surface area (Å²) >= 11 is 0. The van der Waals surface area contributed by atoms with Gasteiger partial charge in [0.25, 0.3) is 10.0 Å². The molecule has 1 heterocycles. The summed E-state index contributed by atoms with van der Waals surface area (Å²) in [5.41, 5.74) is 7.30. The van der Waals surface area contributed by atoms with E-state index in [1.54, 1.807) is 12.1 Å². The predicted octanol–water partition coefficient (Wildman–Crippen LogP) is 1.55. The third-order valence-electron chi connectivity index (χ3n) is 3.03. The summed E-state index contributed by atoms with van der Waals surface area (Å²) in [6.07, 6.45) is 2.50. The fourth-order valence-electron chi connectivity index (χ4n) is 1.94. The number of hydrogen-bond donors (Lipinski definition) is 1. The molecule has 5 nitrogen and oxygen atoms in total. The molecule has 2 rings (SSSR count). The Labute approximate surface area is 108 Å². The van der Waals surface area contributed by atoms with Crippen LogP contribution in [0.4, 0.5) is 5.69 Å². The van der Waals surface area contributed by atoms with Crippen molar-refractivity contribution in [3.05, 3.63) is 23.8 Å². The minimum absolute atomic E-state index is 0.194. The van der Waals surface area contributed by atoms with Crippen molar-refractivity contribution in [2.24, 2.45) is 0 Å².